The number of hydrogen-bond donors (Lipinski definition) is 0. The number of aromatic nitrogens is 1. The van der Waals surface area contributed by atoms with Gasteiger partial charge in [-0.3, -0.25) is 4.79 Å². The topological polar surface area (TPSA) is 49.7 Å². The molecule has 5 heteroatoms. The zero-order valence-corrected chi connectivity index (χ0v) is 22.8. The second-order valence-corrected chi connectivity index (χ2v) is 9.58. The molecule has 0 amide bonds. The fourth-order valence-electron chi connectivity index (χ4n) is 4.49. The second-order valence-electron chi connectivity index (χ2n) is 9.58. The molecule has 0 aliphatic heterocycles. The predicted octanol–water partition coefficient (Wildman–Crippen LogP) is 8.29. The van der Waals surface area contributed by atoms with Gasteiger partial charge in [0, 0.05) is 18.0 Å². The third-order valence-corrected chi connectivity index (χ3v) is 6.60. The molecule has 0 atom stereocenters. The van der Waals surface area contributed by atoms with Crippen molar-refractivity contribution in [1.29, 1.82) is 0 Å². The van der Waals surface area contributed by atoms with Crippen molar-refractivity contribution in [2.45, 2.75) is 117 Å². The normalized spacial score (nSPS) is 11.2. The van der Waals surface area contributed by atoms with Crippen LogP contribution in [0.1, 0.15) is 111 Å². The lowest BCUT2D eigenvalue weighted by Crippen LogP contribution is -2.24. The number of pyridine rings is 1. The monoisotopic (exact) mass is 487 g/mol. The number of methoxy groups -OCH3 is 1. The first kappa shape index (κ1) is 29.1. The summed E-state index contributed by atoms with van der Waals surface area (Å²) in [5, 5.41) is 0.901. The minimum Gasteiger partial charge on any atom is -0.494 e. The maximum absolute atomic E-state index is 13.6. The van der Waals surface area contributed by atoms with Crippen LogP contribution >= 0.6 is 0 Å². The number of ether oxygens (including phenoxy) is 3. The molecule has 0 saturated heterocycles. The van der Waals surface area contributed by atoms with Crippen molar-refractivity contribution >= 4 is 10.9 Å². The summed E-state index contributed by atoms with van der Waals surface area (Å²) in [6.07, 6.45) is 16.2. The number of hydrogen-bond acceptors (Lipinski definition) is 4. The number of nitrogens with zero attached hydrogens (tertiary/aromatic N) is 1. The van der Waals surface area contributed by atoms with E-state index in [0.29, 0.717) is 31.3 Å². The van der Waals surface area contributed by atoms with Gasteiger partial charge in [0.1, 0.15) is 5.75 Å². The van der Waals surface area contributed by atoms with Crippen LogP contribution in [-0.2, 0) is 6.54 Å². The predicted molar refractivity (Wildman–Crippen MR) is 147 cm³/mol. The van der Waals surface area contributed by atoms with E-state index in [9.17, 15) is 4.79 Å². The van der Waals surface area contributed by atoms with Gasteiger partial charge in [-0.1, -0.05) is 91.4 Å². The standard InChI is InChI=1S/C30H49NO4/c1-5-8-11-14-15-18-22-34-25-19-20-26-27(24-25)31(21-16-12-9-6-2)30(32)29(28(26)33-4)35-23-17-13-10-7-3/h19-20,24H,5-18,21-23H2,1-4H3. The van der Waals surface area contributed by atoms with Gasteiger partial charge in [0.2, 0.25) is 5.75 Å². The highest BCUT2D eigenvalue weighted by Gasteiger charge is 2.19. The summed E-state index contributed by atoms with van der Waals surface area (Å²) in [6, 6.07) is 6.00. The average molecular weight is 488 g/mol. The Balaban J connectivity index is 2.24. The largest absolute Gasteiger partial charge is 0.494 e. The molecule has 0 radical (unpaired) electrons. The molecule has 5 nitrogen and oxygen atoms in total. The smallest absolute Gasteiger partial charge is 0.297 e. The van der Waals surface area contributed by atoms with Crippen LogP contribution < -0.4 is 19.8 Å². The number of fused-ring (bicyclic) bond motifs is 1. The quantitative estimate of drug-likeness (QED) is 0.176. The van der Waals surface area contributed by atoms with Crippen molar-refractivity contribution in [3.8, 4) is 17.2 Å². The lowest BCUT2D eigenvalue weighted by Gasteiger charge is -2.18. The molecule has 198 valence electrons. The van der Waals surface area contributed by atoms with Gasteiger partial charge < -0.3 is 18.8 Å². The van der Waals surface area contributed by atoms with Crippen molar-refractivity contribution in [2.24, 2.45) is 0 Å². The summed E-state index contributed by atoms with van der Waals surface area (Å²) in [4.78, 5) is 13.6. The molecular weight excluding hydrogens is 438 g/mol. The van der Waals surface area contributed by atoms with E-state index in [0.717, 1.165) is 48.8 Å². The molecular formula is C30H49NO4. The van der Waals surface area contributed by atoms with E-state index in [1.165, 1.54) is 57.8 Å². The summed E-state index contributed by atoms with van der Waals surface area (Å²) in [5.74, 6) is 1.68. The van der Waals surface area contributed by atoms with Crippen molar-refractivity contribution in [3.05, 3.63) is 28.6 Å². The Kier molecular flexibility index (Phi) is 14.4. The molecule has 0 bridgehead atoms. The zero-order valence-electron chi connectivity index (χ0n) is 22.8. The van der Waals surface area contributed by atoms with Crippen molar-refractivity contribution in [1.82, 2.24) is 4.57 Å². The number of unbranched alkanes of at least 4 members (excludes halogenated alkanes) is 11. The molecule has 0 unspecified atom stereocenters. The van der Waals surface area contributed by atoms with Gasteiger partial charge in [0.15, 0.2) is 5.75 Å². The number of aryl methyl sites for hydroxylation is 1. The molecule has 0 N–H and O–H groups in total. The van der Waals surface area contributed by atoms with Gasteiger partial charge in [0.25, 0.3) is 5.56 Å². The molecule has 0 spiro atoms. The van der Waals surface area contributed by atoms with Gasteiger partial charge in [-0.05, 0) is 31.4 Å². The van der Waals surface area contributed by atoms with Crippen LogP contribution in [0.3, 0.4) is 0 Å². The Labute approximate surface area is 213 Å². The van der Waals surface area contributed by atoms with Crippen molar-refractivity contribution in [2.75, 3.05) is 20.3 Å². The summed E-state index contributed by atoms with van der Waals surface area (Å²) in [5.41, 5.74) is 0.761. The summed E-state index contributed by atoms with van der Waals surface area (Å²) >= 11 is 0. The number of rotatable bonds is 20. The number of benzene rings is 1. The molecule has 0 aliphatic rings. The van der Waals surface area contributed by atoms with E-state index in [-0.39, 0.29) is 5.56 Å². The Morgan fingerprint density at radius 2 is 1.26 bits per heavy atom. The molecule has 1 aromatic carbocycles. The van der Waals surface area contributed by atoms with E-state index in [4.69, 9.17) is 14.2 Å². The lowest BCUT2D eigenvalue weighted by atomic mass is 10.1. The highest BCUT2D eigenvalue weighted by molar-refractivity contribution is 5.89. The third-order valence-electron chi connectivity index (χ3n) is 6.60. The van der Waals surface area contributed by atoms with E-state index < -0.39 is 0 Å². The Morgan fingerprint density at radius 1 is 0.686 bits per heavy atom. The average Bonchev–Trinajstić information content (AvgIpc) is 2.87. The zero-order chi connectivity index (χ0) is 25.3. The van der Waals surface area contributed by atoms with Crippen LogP contribution in [0.4, 0.5) is 0 Å². The highest BCUT2D eigenvalue weighted by atomic mass is 16.5. The molecule has 0 aliphatic carbocycles. The summed E-state index contributed by atoms with van der Waals surface area (Å²) in [7, 11) is 1.62. The van der Waals surface area contributed by atoms with Crippen LogP contribution in [0, 0.1) is 0 Å². The Hall–Kier alpha value is -2.17. The van der Waals surface area contributed by atoms with Crippen LogP contribution in [0.15, 0.2) is 23.0 Å². The maximum Gasteiger partial charge on any atom is 0.297 e. The van der Waals surface area contributed by atoms with Crippen molar-refractivity contribution < 1.29 is 14.2 Å². The first-order chi connectivity index (χ1) is 17.2. The van der Waals surface area contributed by atoms with Crippen LogP contribution in [0.25, 0.3) is 10.9 Å². The van der Waals surface area contributed by atoms with Crippen LogP contribution in [0.2, 0.25) is 0 Å². The van der Waals surface area contributed by atoms with E-state index in [2.05, 4.69) is 20.8 Å². The molecule has 2 aromatic rings. The Bertz CT molecular complexity index is 905. The third kappa shape index (κ3) is 9.42. The van der Waals surface area contributed by atoms with Gasteiger partial charge in [-0.15, -0.1) is 0 Å². The van der Waals surface area contributed by atoms with Gasteiger partial charge in [0.05, 0.1) is 25.8 Å². The van der Waals surface area contributed by atoms with E-state index in [1.54, 1.807) is 7.11 Å². The summed E-state index contributed by atoms with van der Waals surface area (Å²) in [6.45, 7) is 8.54. The minimum absolute atomic E-state index is 0.102. The van der Waals surface area contributed by atoms with E-state index >= 15 is 0 Å². The first-order valence-corrected chi connectivity index (χ1v) is 14.2. The Morgan fingerprint density at radius 3 is 1.91 bits per heavy atom. The molecule has 1 heterocycles. The summed E-state index contributed by atoms with van der Waals surface area (Å²) < 4.78 is 19.7. The van der Waals surface area contributed by atoms with Crippen molar-refractivity contribution in [3.63, 3.8) is 0 Å². The van der Waals surface area contributed by atoms with Crippen LogP contribution in [0.5, 0.6) is 17.2 Å². The molecule has 0 saturated carbocycles. The van der Waals surface area contributed by atoms with Crippen LogP contribution in [-0.4, -0.2) is 24.9 Å². The minimum atomic E-state index is -0.102. The highest BCUT2D eigenvalue weighted by Crippen LogP contribution is 2.35. The molecule has 1 aromatic heterocycles. The SMILES string of the molecule is CCCCCCCCOc1ccc2c(OC)c(OCCCCCC)c(=O)n(CCCCCC)c2c1. The fraction of sp³-hybridized carbons (Fsp3) is 0.700. The molecule has 2 rings (SSSR count). The van der Waals surface area contributed by atoms with Gasteiger partial charge >= 0.3 is 0 Å². The van der Waals surface area contributed by atoms with Gasteiger partial charge in [-0.25, -0.2) is 0 Å². The maximum atomic E-state index is 13.6. The van der Waals surface area contributed by atoms with E-state index in [1.807, 2.05) is 22.8 Å². The molecule has 35 heavy (non-hydrogen) atoms. The fourth-order valence-corrected chi connectivity index (χ4v) is 4.49. The lowest BCUT2D eigenvalue weighted by molar-refractivity contribution is 0.280. The second kappa shape index (κ2) is 17.3. The molecule has 0 fully saturated rings. The first-order valence-electron chi connectivity index (χ1n) is 14.2. The van der Waals surface area contributed by atoms with Gasteiger partial charge in [-0.2, -0.15) is 0 Å².